The molecule has 1 unspecified atom stereocenters. The number of hydrogen-bond donors (Lipinski definition) is 1. The third kappa shape index (κ3) is 1.54. The van der Waals surface area contributed by atoms with Crippen LogP contribution < -0.4 is 5.73 Å². The molecule has 0 aliphatic carbocycles. The van der Waals surface area contributed by atoms with E-state index < -0.39 is 0 Å². The highest BCUT2D eigenvalue weighted by Gasteiger charge is 2.05. The molecule has 0 aliphatic heterocycles. The fourth-order valence-corrected chi connectivity index (χ4v) is 1.51. The lowest BCUT2D eigenvalue weighted by molar-refractivity contribution is 0.752. The minimum atomic E-state index is 0.0400. The van der Waals surface area contributed by atoms with E-state index in [1.54, 1.807) is 12.4 Å². The van der Waals surface area contributed by atoms with Gasteiger partial charge in [-0.05, 0) is 31.2 Å². The molecule has 0 aliphatic rings. The molecule has 0 saturated carbocycles. The van der Waals surface area contributed by atoms with E-state index in [0.717, 1.165) is 11.4 Å². The zero-order chi connectivity index (χ0) is 9.97. The highest BCUT2D eigenvalue weighted by atomic mass is 15.0. The predicted octanol–water partition coefficient (Wildman–Crippen LogP) is 1.89. The second-order valence-corrected chi connectivity index (χ2v) is 3.30. The van der Waals surface area contributed by atoms with Gasteiger partial charge in [0.1, 0.15) is 0 Å². The standard InChI is InChI=1S/C11H13N3/c1-9(12)11-3-2-8-14(11)10-4-6-13-7-5-10/h2-9H,12H2,1H3. The van der Waals surface area contributed by atoms with Gasteiger partial charge in [-0.1, -0.05) is 0 Å². The van der Waals surface area contributed by atoms with Crippen LogP contribution in [0.3, 0.4) is 0 Å². The van der Waals surface area contributed by atoms with Crippen LogP contribution in [0.25, 0.3) is 5.69 Å². The van der Waals surface area contributed by atoms with Crippen molar-refractivity contribution in [2.45, 2.75) is 13.0 Å². The van der Waals surface area contributed by atoms with Gasteiger partial charge in [-0.2, -0.15) is 0 Å². The monoisotopic (exact) mass is 187 g/mol. The molecule has 0 saturated heterocycles. The summed E-state index contributed by atoms with van der Waals surface area (Å²) in [5, 5.41) is 0. The molecule has 3 heteroatoms. The first-order chi connectivity index (χ1) is 6.79. The number of aromatic nitrogens is 2. The van der Waals surface area contributed by atoms with Gasteiger partial charge in [0.15, 0.2) is 0 Å². The minimum Gasteiger partial charge on any atom is -0.323 e. The fraction of sp³-hybridized carbons (Fsp3) is 0.182. The van der Waals surface area contributed by atoms with Crippen molar-refractivity contribution in [1.29, 1.82) is 0 Å². The molecule has 1 atom stereocenters. The van der Waals surface area contributed by atoms with Gasteiger partial charge in [-0.3, -0.25) is 4.98 Å². The second-order valence-electron chi connectivity index (χ2n) is 3.30. The summed E-state index contributed by atoms with van der Waals surface area (Å²) in [6, 6.07) is 8.00. The van der Waals surface area contributed by atoms with Crippen molar-refractivity contribution in [3.63, 3.8) is 0 Å². The Kier molecular flexibility index (Phi) is 2.33. The third-order valence-corrected chi connectivity index (χ3v) is 2.19. The van der Waals surface area contributed by atoms with Gasteiger partial charge in [0.25, 0.3) is 0 Å². The summed E-state index contributed by atoms with van der Waals surface area (Å²) in [5.41, 5.74) is 8.06. The van der Waals surface area contributed by atoms with Crippen LogP contribution in [0.4, 0.5) is 0 Å². The summed E-state index contributed by atoms with van der Waals surface area (Å²) in [4.78, 5) is 3.99. The van der Waals surface area contributed by atoms with E-state index in [9.17, 15) is 0 Å². The van der Waals surface area contributed by atoms with E-state index in [1.807, 2.05) is 37.4 Å². The maximum absolute atomic E-state index is 5.86. The molecule has 0 bridgehead atoms. The highest BCUT2D eigenvalue weighted by molar-refractivity contribution is 5.33. The smallest absolute Gasteiger partial charge is 0.0483 e. The van der Waals surface area contributed by atoms with Crippen molar-refractivity contribution < 1.29 is 0 Å². The Hall–Kier alpha value is -1.61. The van der Waals surface area contributed by atoms with E-state index in [1.165, 1.54) is 0 Å². The average Bonchev–Trinajstić information content (AvgIpc) is 2.67. The van der Waals surface area contributed by atoms with E-state index in [0.29, 0.717) is 0 Å². The largest absolute Gasteiger partial charge is 0.323 e. The lowest BCUT2D eigenvalue weighted by Crippen LogP contribution is -2.10. The number of rotatable bonds is 2. The number of nitrogens with zero attached hydrogens (tertiary/aromatic N) is 2. The van der Waals surface area contributed by atoms with Crippen molar-refractivity contribution >= 4 is 0 Å². The Morgan fingerprint density at radius 3 is 2.64 bits per heavy atom. The Morgan fingerprint density at radius 1 is 1.29 bits per heavy atom. The molecule has 2 aromatic heterocycles. The first-order valence-corrected chi connectivity index (χ1v) is 4.62. The molecule has 2 heterocycles. The molecule has 2 N–H and O–H groups in total. The minimum absolute atomic E-state index is 0.0400. The van der Waals surface area contributed by atoms with Crippen LogP contribution in [-0.2, 0) is 0 Å². The van der Waals surface area contributed by atoms with Crippen molar-refractivity contribution in [3.05, 3.63) is 48.5 Å². The molecule has 0 radical (unpaired) electrons. The quantitative estimate of drug-likeness (QED) is 0.780. The summed E-state index contributed by atoms with van der Waals surface area (Å²) in [7, 11) is 0. The zero-order valence-corrected chi connectivity index (χ0v) is 8.09. The van der Waals surface area contributed by atoms with Crippen LogP contribution in [0.15, 0.2) is 42.9 Å². The van der Waals surface area contributed by atoms with Crippen LogP contribution in [0.2, 0.25) is 0 Å². The Labute approximate surface area is 83.2 Å². The molecule has 0 spiro atoms. The third-order valence-electron chi connectivity index (χ3n) is 2.19. The SMILES string of the molecule is CC(N)c1cccn1-c1ccncc1. The molecule has 14 heavy (non-hydrogen) atoms. The zero-order valence-electron chi connectivity index (χ0n) is 8.09. The average molecular weight is 187 g/mol. The Morgan fingerprint density at radius 2 is 2.00 bits per heavy atom. The molecule has 2 aromatic rings. The van der Waals surface area contributed by atoms with Crippen molar-refractivity contribution in [1.82, 2.24) is 9.55 Å². The first kappa shape index (κ1) is 8.97. The lowest BCUT2D eigenvalue weighted by Gasteiger charge is -2.11. The van der Waals surface area contributed by atoms with Crippen LogP contribution in [-0.4, -0.2) is 9.55 Å². The van der Waals surface area contributed by atoms with Gasteiger partial charge in [-0.15, -0.1) is 0 Å². The molecule has 3 nitrogen and oxygen atoms in total. The summed E-state index contributed by atoms with van der Waals surface area (Å²) in [6.45, 7) is 1.98. The maximum Gasteiger partial charge on any atom is 0.0483 e. The van der Waals surface area contributed by atoms with Crippen LogP contribution in [0, 0.1) is 0 Å². The predicted molar refractivity (Wildman–Crippen MR) is 56.2 cm³/mol. The van der Waals surface area contributed by atoms with E-state index >= 15 is 0 Å². The molecule has 0 fully saturated rings. The van der Waals surface area contributed by atoms with Crippen LogP contribution in [0.1, 0.15) is 18.7 Å². The second kappa shape index (κ2) is 3.64. The summed E-state index contributed by atoms with van der Waals surface area (Å²) in [6.07, 6.45) is 5.56. The Bertz CT molecular complexity index is 403. The van der Waals surface area contributed by atoms with E-state index in [4.69, 9.17) is 5.73 Å². The van der Waals surface area contributed by atoms with Crippen LogP contribution in [0.5, 0.6) is 0 Å². The number of hydrogen-bond acceptors (Lipinski definition) is 2. The van der Waals surface area contributed by atoms with Gasteiger partial charge < -0.3 is 10.3 Å². The molecule has 0 aromatic carbocycles. The van der Waals surface area contributed by atoms with Gasteiger partial charge in [0.2, 0.25) is 0 Å². The van der Waals surface area contributed by atoms with Crippen molar-refractivity contribution in [2.75, 3.05) is 0 Å². The summed E-state index contributed by atoms with van der Waals surface area (Å²) in [5.74, 6) is 0. The number of nitrogens with two attached hydrogens (primary N) is 1. The Balaban J connectivity index is 2.47. The van der Waals surface area contributed by atoms with E-state index in [-0.39, 0.29) is 6.04 Å². The molecular weight excluding hydrogens is 174 g/mol. The normalized spacial score (nSPS) is 12.7. The number of pyridine rings is 1. The maximum atomic E-state index is 5.86. The highest BCUT2D eigenvalue weighted by Crippen LogP contribution is 2.16. The first-order valence-electron chi connectivity index (χ1n) is 4.62. The van der Waals surface area contributed by atoms with Gasteiger partial charge in [0.05, 0.1) is 0 Å². The van der Waals surface area contributed by atoms with Crippen molar-refractivity contribution in [3.8, 4) is 5.69 Å². The van der Waals surface area contributed by atoms with Crippen LogP contribution >= 0.6 is 0 Å². The van der Waals surface area contributed by atoms with Gasteiger partial charge in [-0.25, -0.2) is 0 Å². The molecule has 2 rings (SSSR count). The summed E-state index contributed by atoms with van der Waals surface area (Å²) < 4.78 is 2.08. The van der Waals surface area contributed by atoms with Gasteiger partial charge in [0, 0.05) is 36.0 Å². The van der Waals surface area contributed by atoms with E-state index in [2.05, 4.69) is 9.55 Å². The molecule has 72 valence electrons. The van der Waals surface area contributed by atoms with Gasteiger partial charge >= 0.3 is 0 Å². The fourth-order valence-electron chi connectivity index (χ4n) is 1.51. The molecular formula is C11H13N3. The molecule has 0 amide bonds. The van der Waals surface area contributed by atoms with Crippen molar-refractivity contribution in [2.24, 2.45) is 5.73 Å². The summed E-state index contributed by atoms with van der Waals surface area (Å²) >= 11 is 0. The topological polar surface area (TPSA) is 43.8 Å². The lowest BCUT2D eigenvalue weighted by atomic mass is 10.2.